The fourth-order valence-corrected chi connectivity index (χ4v) is 2.50. The van der Waals surface area contributed by atoms with Gasteiger partial charge < -0.3 is 10.2 Å². The molecule has 2 rings (SSSR count). The Balaban J connectivity index is 2.23. The maximum Gasteiger partial charge on any atom is 0.0643 e. The van der Waals surface area contributed by atoms with Crippen LogP contribution >= 0.6 is 0 Å². The minimum atomic E-state index is 0.280. The monoisotopic (exact) mass is 243 g/mol. The number of nitrogens with one attached hydrogen (secondary N) is 1. The number of nitriles is 1. The lowest BCUT2D eigenvalue weighted by atomic mass is 10.1. The second-order valence-corrected chi connectivity index (χ2v) is 5.27. The van der Waals surface area contributed by atoms with Crippen molar-refractivity contribution in [2.24, 2.45) is 5.92 Å². The van der Waals surface area contributed by atoms with Crippen molar-refractivity contribution in [3.8, 4) is 6.07 Å². The number of hydrogen-bond acceptors (Lipinski definition) is 3. The molecule has 0 saturated carbocycles. The van der Waals surface area contributed by atoms with Crippen LogP contribution in [0.2, 0.25) is 0 Å². The van der Waals surface area contributed by atoms with Crippen LogP contribution in [0.5, 0.6) is 0 Å². The topological polar surface area (TPSA) is 39.1 Å². The highest BCUT2D eigenvalue weighted by molar-refractivity contribution is 5.49. The van der Waals surface area contributed by atoms with Gasteiger partial charge in [-0.15, -0.1) is 0 Å². The van der Waals surface area contributed by atoms with Gasteiger partial charge in [0.1, 0.15) is 0 Å². The van der Waals surface area contributed by atoms with Crippen LogP contribution in [0.1, 0.15) is 18.9 Å². The van der Waals surface area contributed by atoms with Crippen LogP contribution in [-0.4, -0.2) is 25.7 Å². The summed E-state index contributed by atoms with van der Waals surface area (Å²) in [6.45, 7) is 7.30. The standard InChI is InChI=1S/C15H21N3/c1-12-3-5-14(6-4-12)18-11-13(2)9-17-10-15(18)7-8-16/h3-6,13,15,17H,7,9-11H2,1-2H3. The second kappa shape index (κ2) is 5.88. The summed E-state index contributed by atoms with van der Waals surface area (Å²) in [6, 6.07) is 11.2. The molecule has 0 aliphatic carbocycles. The van der Waals surface area contributed by atoms with Gasteiger partial charge in [-0.2, -0.15) is 5.26 Å². The average molecular weight is 243 g/mol. The summed E-state index contributed by atoms with van der Waals surface area (Å²) >= 11 is 0. The average Bonchev–Trinajstić information content (AvgIpc) is 2.53. The van der Waals surface area contributed by atoms with E-state index in [2.05, 4.69) is 54.4 Å². The Morgan fingerprint density at radius 2 is 2.06 bits per heavy atom. The largest absolute Gasteiger partial charge is 0.366 e. The zero-order valence-electron chi connectivity index (χ0n) is 11.2. The zero-order valence-corrected chi connectivity index (χ0v) is 11.2. The second-order valence-electron chi connectivity index (χ2n) is 5.27. The Morgan fingerprint density at radius 1 is 1.33 bits per heavy atom. The van der Waals surface area contributed by atoms with Crippen molar-refractivity contribution in [1.82, 2.24) is 5.32 Å². The van der Waals surface area contributed by atoms with E-state index in [9.17, 15) is 0 Å². The molecule has 1 aromatic carbocycles. The molecular weight excluding hydrogens is 222 g/mol. The van der Waals surface area contributed by atoms with Crippen LogP contribution in [0, 0.1) is 24.2 Å². The summed E-state index contributed by atoms with van der Waals surface area (Å²) in [4.78, 5) is 2.38. The highest BCUT2D eigenvalue weighted by Crippen LogP contribution is 2.22. The highest BCUT2D eigenvalue weighted by Gasteiger charge is 2.23. The van der Waals surface area contributed by atoms with Gasteiger partial charge in [-0.3, -0.25) is 0 Å². The maximum absolute atomic E-state index is 8.98. The lowest BCUT2D eigenvalue weighted by Crippen LogP contribution is -2.40. The molecule has 0 radical (unpaired) electrons. The Morgan fingerprint density at radius 3 is 2.72 bits per heavy atom. The van der Waals surface area contributed by atoms with E-state index in [1.807, 2.05) is 0 Å². The minimum absolute atomic E-state index is 0.280. The molecule has 1 aliphatic rings. The first-order valence-electron chi connectivity index (χ1n) is 6.61. The Kier molecular flexibility index (Phi) is 4.22. The summed E-state index contributed by atoms with van der Waals surface area (Å²) in [6.07, 6.45) is 0.577. The SMILES string of the molecule is Cc1ccc(N2CC(C)CNCC2CC#N)cc1. The van der Waals surface area contributed by atoms with Crippen molar-refractivity contribution < 1.29 is 0 Å². The Bertz CT molecular complexity index is 418. The first-order chi connectivity index (χ1) is 8.70. The molecule has 18 heavy (non-hydrogen) atoms. The molecule has 1 aromatic rings. The van der Waals surface area contributed by atoms with Gasteiger partial charge in [0.15, 0.2) is 0 Å². The highest BCUT2D eigenvalue weighted by atomic mass is 15.2. The number of rotatable bonds is 2. The number of anilines is 1. The summed E-state index contributed by atoms with van der Waals surface area (Å²) < 4.78 is 0. The van der Waals surface area contributed by atoms with Gasteiger partial charge in [-0.05, 0) is 31.5 Å². The molecule has 1 N–H and O–H groups in total. The molecule has 1 fully saturated rings. The Hall–Kier alpha value is -1.53. The van der Waals surface area contributed by atoms with Gasteiger partial charge in [0.05, 0.1) is 18.5 Å². The van der Waals surface area contributed by atoms with E-state index in [1.165, 1.54) is 11.3 Å². The molecule has 0 amide bonds. The van der Waals surface area contributed by atoms with E-state index in [0.29, 0.717) is 12.3 Å². The molecule has 3 nitrogen and oxygen atoms in total. The first kappa shape index (κ1) is 12.9. The van der Waals surface area contributed by atoms with E-state index in [1.54, 1.807) is 0 Å². The minimum Gasteiger partial charge on any atom is -0.366 e. The lowest BCUT2D eigenvalue weighted by Gasteiger charge is -2.31. The van der Waals surface area contributed by atoms with Crippen LogP contribution in [0.4, 0.5) is 5.69 Å². The predicted octanol–water partition coefficient (Wildman–Crippen LogP) is 2.32. The van der Waals surface area contributed by atoms with E-state index < -0.39 is 0 Å². The van der Waals surface area contributed by atoms with Crippen molar-refractivity contribution in [2.45, 2.75) is 26.3 Å². The zero-order chi connectivity index (χ0) is 13.0. The molecule has 1 saturated heterocycles. The van der Waals surface area contributed by atoms with Gasteiger partial charge in [-0.1, -0.05) is 24.6 Å². The maximum atomic E-state index is 8.98. The van der Waals surface area contributed by atoms with Crippen molar-refractivity contribution in [3.63, 3.8) is 0 Å². The summed E-state index contributed by atoms with van der Waals surface area (Å²) in [5.41, 5.74) is 2.51. The molecule has 1 heterocycles. The molecule has 3 heteroatoms. The smallest absolute Gasteiger partial charge is 0.0643 e. The van der Waals surface area contributed by atoms with Gasteiger partial charge in [0, 0.05) is 18.8 Å². The fourth-order valence-electron chi connectivity index (χ4n) is 2.50. The van der Waals surface area contributed by atoms with Crippen molar-refractivity contribution >= 4 is 5.69 Å². The first-order valence-corrected chi connectivity index (χ1v) is 6.61. The third kappa shape index (κ3) is 3.02. The normalized spacial score (nSPS) is 24.4. The predicted molar refractivity (Wildman–Crippen MR) is 74.6 cm³/mol. The lowest BCUT2D eigenvalue weighted by molar-refractivity contribution is 0.563. The van der Waals surface area contributed by atoms with Gasteiger partial charge in [0.25, 0.3) is 0 Å². The molecule has 0 aromatic heterocycles. The van der Waals surface area contributed by atoms with Crippen LogP contribution in [0.15, 0.2) is 24.3 Å². The molecule has 1 aliphatic heterocycles. The summed E-state index contributed by atoms with van der Waals surface area (Å²) in [7, 11) is 0. The Labute approximate surface area is 109 Å². The number of aryl methyl sites for hydroxylation is 1. The molecule has 2 unspecified atom stereocenters. The fraction of sp³-hybridized carbons (Fsp3) is 0.533. The van der Waals surface area contributed by atoms with Gasteiger partial charge in [0.2, 0.25) is 0 Å². The van der Waals surface area contributed by atoms with Gasteiger partial charge >= 0.3 is 0 Å². The van der Waals surface area contributed by atoms with E-state index in [-0.39, 0.29) is 6.04 Å². The molecule has 0 bridgehead atoms. The van der Waals surface area contributed by atoms with Crippen LogP contribution in [0.25, 0.3) is 0 Å². The number of benzene rings is 1. The van der Waals surface area contributed by atoms with Crippen molar-refractivity contribution in [3.05, 3.63) is 29.8 Å². The molecule has 0 spiro atoms. The number of nitrogens with zero attached hydrogens (tertiary/aromatic N) is 2. The van der Waals surface area contributed by atoms with E-state index >= 15 is 0 Å². The van der Waals surface area contributed by atoms with E-state index in [0.717, 1.165) is 19.6 Å². The van der Waals surface area contributed by atoms with Crippen LogP contribution in [-0.2, 0) is 0 Å². The third-order valence-corrected chi connectivity index (χ3v) is 3.51. The quantitative estimate of drug-likeness (QED) is 0.866. The van der Waals surface area contributed by atoms with Crippen molar-refractivity contribution in [1.29, 1.82) is 5.26 Å². The van der Waals surface area contributed by atoms with Crippen LogP contribution < -0.4 is 10.2 Å². The molecule has 96 valence electrons. The summed E-state index contributed by atoms with van der Waals surface area (Å²) in [5.74, 6) is 0.606. The van der Waals surface area contributed by atoms with E-state index in [4.69, 9.17) is 5.26 Å². The third-order valence-electron chi connectivity index (χ3n) is 3.51. The van der Waals surface area contributed by atoms with Crippen molar-refractivity contribution in [2.75, 3.05) is 24.5 Å². The molecular formula is C15H21N3. The molecule has 2 atom stereocenters. The summed E-state index contributed by atoms with van der Waals surface area (Å²) in [5, 5.41) is 12.4. The number of hydrogen-bond donors (Lipinski definition) is 1. The van der Waals surface area contributed by atoms with Crippen LogP contribution in [0.3, 0.4) is 0 Å². The van der Waals surface area contributed by atoms with Gasteiger partial charge in [-0.25, -0.2) is 0 Å².